The molecule has 0 aromatic heterocycles. The van der Waals surface area contributed by atoms with Gasteiger partial charge in [-0.1, -0.05) is 18.2 Å². The van der Waals surface area contributed by atoms with E-state index in [1.54, 1.807) is 37.3 Å². The van der Waals surface area contributed by atoms with Crippen LogP contribution in [0.4, 0.5) is 0 Å². The van der Waals surface area contributed by atoms with Gasteiger partial charge in [-0.3, -0.25) is 0 Å². The Morgan fingerprint density at radius 2 is 1.82 bits per heavy atom. The van der Waals surface area contributed by atoms with Crippen LogP contribution in [0.5, 0.6) is 5.75 Å². The van der Waals surface area contributed by atoms with Gasteiger partial charge in [0.05, 0.1) is 6.61 Å². The molecule has 1 atom stereocenters. The van der Waals surface area contributed by atoms with E-state index in [4.69, 9.17) is 4.74 Å². The number of hydrogen-bond donors (Lipinski definition) is 1. The number of para-hydroxylation sites is 1. The molecule has 0 aliphatic carbocycles. The van der Waals surface area contributed by atoms with Gasteiger partial charge in [0, 0.05) is 0 Å². The van der Waals surface area contributed by atoms with E-state index < -0.39 is 17.5 Å². The smallest absolute Gasteiger partial charge is 0.355 e. The van der Waals surface area contributed by atoms with Gasteiger partial charge in [-0.15, -0.1) is 0 Å². The zero-order chi connectivity index (χ0) is 12.9. The van der Waals surface area contributed by atoms with Crippen LogP contribution in [0, 0.1) is 0 Å². The van der Waals surface area contributed by atoms with E-state index in [-0.39, 0.29) is 12.4 Å². The van der Waals surface area contributed by atoms with E-state index in [0.717, 1.165) is 6.92 Å². The topological polar surface area (TPSA) is 72.8 Å². The summed E-state index contributed by atoms with van der Waals surface area (Å²) in [7, 11) is 0. The minimum atomic E-state index is -2.30. The zero-order valence-corrected chi connectivity index (χ0v) is 9.67. The molecule has 0 heterocycles. The predicted octanol–water partition coefficient (Wildman–Crippen LogP) is 0.906. The Morgan fingerprint density at radius 3 is 2.35 bits per heavy atom. The van der Waals surface area contributed by atoms with Crippen LogP contribution in [0.2, 0.25) is 0 Å². The van der Waals surface area contributed by atoms with E-state index in [2.05, 4.69) is 4.74 Å². The Hall–Kier alpha value is -1.88. The number of carbonyl (C=O) groups excluding carboxylic acids is 2. The minimum Gasteiger partial charge on any atom is -0.463 e. The second kappa shape index (κ2) is 5.45. The van der Waals surface area contributed by atoms with Crippen LogP contribution in [-0.4, -0.2) is 29.3 Å². The molecule has 0 aliphatic rings. The van der Waals surface area contributed by atoms with Crippen molar-refractivity contribution in [1.29, 1.82) is 0 Å². The van der Waals surface area contributed by atoms with Gasteiger partial charge < -0.3 is 14.6 Å². The van der Waals surface area contributed by atoms with Gasteiger partial charge in [0.15, 0.2) is 0 Å². The van der Waals surface area contributed by atoms with Crippen LogP contribution < -0.4 is 4.74 Å². The first-order valence-electron chi connectivity index (χ1n) is 5.15. The zero-order valence-electron chi connectivity index (χ0n) is 9.67. The monoisotopic (exact) mass is 238 g/mol. The first kappa shape index (κ1) is 13.2. The van der Waals surface area contributed by atoms with Crippen molar-refractivity contribution < 1.29 is 24.2 Å². The number of aliphatic hydroxyl groups is 1. The van der Waals surface area contributed by atoms with Crippen LogP contribution in [0.3, 0.4) is 0 Å². The van der Waals surface area contributed by atoms with Gasteiger partial charge in [-0.05, 0) is 26.0 Å². The third kappa shape index (κ3) is 3.29. The standard InChI is InChI=1S/C12H14O5/c1-3-16-10(13)12(2,15)11(14)17-9-7-5-4-6-8-9/h4-8,15H,3H2,1-2H3. The fraction of sp³-hybridized carbons (Fsp3) is 0.333. The van der Waals surface area contributed by atoms with E-state index in [0.29, 0.717) is 0 Å². The molecule has 92 valence electrons. The normalized spacial score (nSPS) is 13.6. The molecule has 1 aromatic carbocycles. The largest absolute Gasteiger partial charge is 0.463 e. The molecule has 0 aliphatic heterocycles. The molecular weight excluding hydrogens is 224 g/mol. The maximum absolute atomic E-state index is 11.6. The van der Waals surface area contributed by atoms with Crippen LogP contribution >= 0.6 is 0 Å². The average molecular weight is 238 g/mol. The van der Waals surface area contributed by atoms with E-state index in [1.165, 1.54) is 0 Å². The predicted molar refractivity (Wildman–Crippen MR) is 59.3 cm³/mol. The lowest BCUT2D eigenvalue weighted by Gasteiger charge is -2.18. The molecule has 0 bridgehead atoms. The average Bonchev–Trinajstić information content (AvgIpc) is 2.30. The fourth-order valence-corrected chi connectivity index (χ4v) is 1.05. The summed E-state index contributed by atoms with van der Waals surface area (Å²) in [6, 6.07) is 8.17. The van der Waals surface area contributed by atoms with Crippen molar-refractivity contribution in [3.8, 4) is 5.75 Å². The number of rotatable bonds is 4. The van der Waals surface area contributed by atoms with Crippen molar-refractivity contribution in [2.75, 3.05) is 6.61 Å². The number of ether oxygens (including phenoxy) is 2. The van der Waals surface area contributed by atoms with Crippen LogP contribution in [0.25, 0.3) is 0 Å². The van der Waals surface area contributed by atoms with Crippen molar-refractivity contribution in [2.24, 2.45) is 0 Å². The SMILES string of the molecule is CCOC(=O)C(C)(O)C(=O)Oc1ccccc1. The summed E-state index contributed by atoms with van der Waals surface area (Å²) < 4.78 is 9.43. The highest BCUT2D eigenvalue weighted by atomic mass is 16.6. The number of hydrogen-bond acceptors (Lipinski definition) is 5. The number of carbonyl (C=O) groups is 2. The first-order chi connectivity index (χ1) is 7.98. The van der Waals surface area contributed by atoms with Crippen LogP contribution in [0.1, 0.15) is 13.8 Å². The lowest BCUT2D eigenvalue weighted by atomic mass is 10.1. The lowest BCUT2D eigenvalue weighted by Crippen LogP contribution is -2.47. The summed E-state index contributed by atoms with van der Waals surface area (Å²) in [6.07, 6.45) is 0. The molecule has 1 unspecified atom stereocenters. The molecule has 1 rings (SSSR count). The Kier molecular flexibility index (Phi) is 4.23. The molecule has 0 saturated heterocycles. The van der Waals surface area contributed by atoms with Gasteiger partial charge >= 0.3 is 11.9 Å². The maximum Gasteiger partial charge on any atom is 0.355 e. The van der Waals surface area contributed by atoms with Gasteiger partial charge in [0.25, 0.3) is 5.60 Å². The number of esters is 2. The number of benzene rings is 1. The Labute approximate surface area is 99.0 Å². The summed E-state index contributed by atoms with van der Waals surface area (Å²) in [5.74, 6) is -1.84. The molecular formula is C12H14O5. The van der Waals surface area contributed by atoms with Gasteiger partial charge in [0.2, 0.25) is 0 Å². The molecule has 0 saturated carbocycles. The second-order valence-corrected chi connectivity index (χ2v) is 3.50. The van der Waals surface area contributed by atoms with Crippen molar-refractivity contribution in [3.05, 3.63) is 30.3 Å². The van der Waals surface area contributed by atoms with Crippen molar-refractivity contribution in [3.63, 3.8) is 0 Å². The fourth-order valence-electron chi connectivity index (χ4n) is 1.05. The highest BCUT2D eigenvalue weighted by Crippen LogP contribution is 2.14. The van der Waals surface area contributed by atoms with Crippen molar-refractivity contribution in [1.82, 2.24) is 0 Å². The molecule has 5 heteroatoms. The molecule has 1 N–H and O–H groups in total. The quantitative estimate of drug-likeness (QED) is 0.479. The second-order valence-electron chi connectivity index (χ2n) is 3.50. The molecule has 0 amide bonds. The van der Waals surface area contributed by atoms with Crippen molar-refractivity contribution >= 4 is 11.9 Å². The summed E-state index contributed by atoms with van der Waals surface area (Å²) in [4.78, 5) is 22.9. The molecule has 1 aromatic rings. The van der Waals surface area contributed by atoms with Gasteiger partial charge in [-0.2, -0.15) is 0 Å². The molecule has 0 spiro atoms. The van der Waals surface area contributed by atoms with Gasteiger partial charge in [-0.25, -0.2) is 9.59 Å². The molecule has 0 radical (unpaired) electrons. The Bertz CT molecular complexity index is 397. The van der Waals surface area contributed by atoms with Crippen LogP contribution in [0.15, 0.2) is 30.3 Å². The third-order valence-corrected chi connectivity index (χ3v) is 2.02. The molecule has 5 nitrogen and oxygen atoms in total. The molecule has 17 heavy (non-hydrogen) atoms. The van der Waals surface area contributed by atoms with E-state index in [1.807, 2.05) is 0 Å². The molecule has 0 fully saturated rings. The summed E-state index contributed by atoms with van der Waals surface area (Å²) in [5.41, 5.74) is -2.30. The Morgan fingerprint density at radius 1 is 1.24 bits per heavy atom. The summed E-state index contributed by atoms with van der Waals surface area (Å²) in [6.45, 7) is 2.69. The summed E-state index contributed by atoms with van der Waals surface area (Å²) in [5, 5.41) is 9.69. The van der Waals surface area contributed by atoms with E-state index >= 15 is 0 Å². The minimum absolute atomic E-state index is 0.0770. The maximum atomic E-state index is 11.6. The lowest BCUT2D eigenvalue weighted by molar-refractivity contribution is -0.175. The highest BCUT2D eigenvalue weighted by molar-refractivity contribution is 6.03. The van der Waals surface area contributed by atoms with Gasteiger partial charge in [0.1, 0.15) is 5.75 Å². The van der Waals surface area contributed by atoms with Crippen molar-refractivity contribution in [2.45, 2.75) is 19.4 Å². The van der Waals surface area contributed by atoms with Crippen LogP contribution in [-0.2, 0) is 14.3 Å². The third-order valence-electron chi connectivity index (χ3n) is 2.02. The first-order valence-corrected chi connectivity index (χ1v) is 5.15. The summed E-state index contributed by atoms with van der Waals surface area (Å²) >= 11 is 0. The van der Waals surface area contributed by atoms with E-state index in [9.17, 15) is 14.7 Å². The highest BCUT2D eigenvalue weighted by Gasteiger charge is 2.42. The Balaban J connectivity index is 2.73.